The number of carbonyl (C=O) groups excluding carboxylic acids is 1. The minimum atomic E-state index is -0.364. The fourth-order valence-electron chi connectivity index (χ4n) is 1.52. The second kappa shape index (κ2) is 4.25. The van der Waals surface area contributed by atoms with Gasteiger partial charge in [0.25, 0.3) is 0 Å². The summed E-state index contributed by atoms with van der Waals surface area (Å²) >= 11 is 0. The number of hydrogen-bond donors (Lipinski definition) is 1. The molecule has 5 heteroatoms. The molecule has 0 saturated carbocycles. The van der Waals surface area contributed by atoms with Gasteiger partial charge in [0.1, 0.15) is 6.26 Å². The van der Waals surface area contributed by atoms with Crippen LogP contribution >= 0.6 is 0 Å². The van der Waals surface area contributed by atoms with Crippen molar-refractivity contribution in [3.05, 3.63) is 17.8 Å². The van der Waals surface area contributed by atoms with Gasteiger partial charge in [-0.15, -0.1) is 0 Å². The van der Waals surface area contributed by atoms with Crippen molar-refractivity contribution < 1.29 is 13.9 Å². The SMILES string of the molecule is CCc1nc(CNC(=O)C2(C)COC2)co1. The van der Waals surface area contributed by atoms with E-state index in [4.69, 9.17) is 9.15 Å². The standard InChI is InChI=1S/C11H16N2O3/c1-3-9-13-8(5-16-9)4-12-10(14)11(2)6-15-7-11/h5H,3-4,6-7H2,1-2H3,(H,12,14). The molecular weight excluding hydrogens is 208 g/mol. The molecule has 1 aromatic heterocycles. The Hall–Kier alpha value is -1.36. The van der Waals surface area contributed by atoms with Gasteiger partial charge in [-0.1, -0.05) is 6.92 Å². The molecular formula is C11H16N2O3. The molecule has 0 aromatic carbocycles. The average molecular weight is 224 g/mol. The molecule has 0 unspecified atom stereocenters. The van der Waals surface area contributed by atoms with Crippen molar-refractivity contribution in [2.24, 2.45) is 5.41 Å². The predicted octanol–water partition coefficient (Wildman–Crippen LogP) is 0.890. The van der Waals surface area contributed by atoms with Crippen molar-refractivity contribution >= 4 is 5.91 Å². The van der Waals surface area contributed by atoms with Crippen molar-refractivity contribution in [1.29, 1.82) is 0 Å². The number of amides is 1. The molecule has 1 aliphatic rings. The van der Waals surface area contributed by atoms with E-state index in [-0.39, 0.29) is 11.3 Å². The maximum absolute atomic E-state index is 11.7. The van der Waals surface area contributed by atoms with Crippen LogP contribution in [0.15, 0.2) is 10.7 Å². The Kier molecular flexibility index (Phi) is 2.96. The first kappa shape index (κ1) is 11.1. The minimum Gasteiger partial charge on any atom is -0.449 e. The molecule has 1 aliphatic heterocycles. The highest BCUT2D eigenvalue weighted by Crippen LogP contribution is 2.26. The summed E-state index contributed by atoms with van der Waals surface area (Å²) in [5.74, 6) is 0.710. The Morgan fingerprint density at radius 3 is 2.88 bits per heavy atom. The third kappa shape index (κ3) is 2.09. The van der Waals surface area contributed by atoms with Gasteiger partial charge in [-0.2, -0.15) is 0 Å². The van der Waals surface area contributed by atoms with Crippen LogP contribution in [0, 0.1) is 5.41 Å². The largest absolute Gasteiger partial charge is 0.449 e. The van der Waals surface area contributed by atoms with Gasteiger partial charge in [0.05, 0.1) is 30.9 Å². The Labute approximate surface area is 94.2 Å². The first-order valence-electron chi connectivity index (χ1n) is 5.43. The zero-order valence-electron chi connectivity index (χ0n) is 9.58. The molecule has 0 radical (unpaired) electrons. The summed E-state index contributed by atoms with van der Waals surface area (Å²) in [6.45, 7) is 5.28. The van der Waals surface area contributed by atoms with E-state index in [0.29, 0.717) is 25.6 Å². The van der Waals surface area contributed by atoms with Crippen molar-refractivity contribution in [1.82, 2.24) is 10.3 Å². The number of aromatic nitrogens is 1. The van der Waals surface area contributed by atoms with E-state index in [2.05, 4.69) is 10.3 Å². The Morgan fingerprint density at radius 1 is 1.62 bits per heavy atom. The van der Waals surface area contributed by atoms with E-state index >= 15 is 0 Å². The molecule has 1 N–H and O–H groups in total. The lowest BCUT2D eigenvalue weighted by Crippen LogP contribution is -2.51. The van der Waals surface area contributed by atoms with Crippen LogP contribution in [-0.2, 0) is 22.5 Å². The summed E-state index contributed by atoms with van der Waals surface area (Å²) in [5, 5.41) is 2.84. The van der Waals surface area contributed by atoms with Crippen LogP contribution < -0.4 is 5.32 Å². The lowest BCUT2D eigenvalue weighted by molar-refractivity contribution is -0.157. The van der Waals surface area contributed by atoms with Crippen LogP contribution in [0.5, 0.6) is 0 Å². The highest BCUT2D eigenvalue weighted by molar-refractivity contribution is 5.83. The molecule has 0 aliphatic carbocycles. The van der Waals surface area contributed by atoms with Gasteiger partial charge < -0.3 is 14.5 Å². The van der Waals surface area contributed by atoms with Crippen LogP contribution in [0.1, 0.15) is 25.4 Å². The van der Waals surface area contributed by atoms with Crippen molar-refractivity contribution in [3.63, 3.8) is 0 Å². The van der Waals surface area contributed by atoms with Crippen LogP contribution in [-0.4, -0.2) is 24.1 Å². The van der Waals surface area contributed by atoms with Gasteiger partial charge in [-0.05, 0) is 6.92 Å². The van der Waals surface area contributed by atoms with Gasteiger partial charge in [0.2, 0.25) is 5.91 Å². The highest BCUT2D eigenvalue weighted by atomic mass is 16.5. The third-order valence-corrected chi connectivity index (χ3v) is 2.72. The quantitative estimate of drug-likeness (QED) is 0.825. The van der Waals surface area contributed by atoms with E-state index in [1.807, 2.05) is 13.8 Å². The number of hydrogen-bond acceptors (Lipinski definition) is 4. The Balaban J connectivity index is 1.85. The molecule has 2 heterocycles. The first-order valence-corrected chi connectivity index (χ1v) is 5.43. The zero-order valence-corrected chi connectivity index (χ0v) is 9.58. The van der Waals surface area contributed by atoms with E-state index in [0.717, 1.165) is 12.1 Å². The maximum Gasteiger partial charge on any atom is 0.230 e. The molecule has 1 saturated heterocycles. The van der Waals surface area contributed by atoms with E-state index in [1.165, 1.54) is 0 Å². The maximum atomic E-state index is 11.7. The smallest absolute Gasteiger partial charge is 0.230 e. The monoisotopic (exact) mass is 224 g/mol. The molecule has 0 bridgehead atoms. The second-order valence-electron chi connectivity index (χ2n) is 4.32. The molecule has 88 valence electrons. The van der Waals surface area contributed by atoms with E-state index in [9.17, 15) is 4.79 Å². The van der Waals surface area contributed by atoms with Gasteiger partial charge in [-0.3, -0.25) is 4.79 Å². The minimum absolute atomic E-state index is 0.0137. The van der Waals surface area contributed by atoms with E-state index < -0.39 is 0 Å². The van der Waals surface area contributed by atoms with Gasteiger partial charge >= 0.3 is 0 Å². The van der Waals surface area contributed by atoms with Crippen LogP contribution in [0.4, 0.5) is 0 Å². The number of oxazole rings is 1. The number of ether oxygens (including phenoxy) is 1. The molecule has 16 heavy (non-hydrogen) atoms. The number of nitrogens with one attached hydrogen (secondary N) is 1. The average Bonchev–Trinajstić information content (AvgIpc) is 2.70. The molecule has 0 spiro atoms. The lowest BCUT2D eigenvalue weighted by atomic mass is 9.87. The van der Waals surface area contributed by atoms with Crippen molar-refractivity contribution in [2.75, 3.05) is 13.2 Å². The normalized spacial score (nSPS) is 17.9. The summed E-state index contributed by atoms with van der Waals surface area (Å²) in [6.07, 6.45) is 2.35. The Bertz CT molecular complexity index is 382. The van der Waals surface area contributed by atoms with E-state index in [1.54, 1.807) is 6.26 Å². The molecule has 1 aromatic rings. The topological polar surface area (TPSA) is 64.4 Å². The van der Waals surface area contributed by atoms with Crippen LogP contribution in [0.25, 0.3) is 0 Å². The number of carbonyl (C=O) groups is 1. The second-order valence-corrected chi connectivity index (χ2v) is 4.32. The highest BCUT2D eigenvalue weighted by Gasteiger charge is 2.40. The van der Waals surface area contributed by atoms with Crippen LogP contribution in [0.2, 0.25) is 0 Å². The van der Waals surface area contributed by atoms with Gasteiger partial charge in [-0.25, -0.2) is 4.98 Å². The summed E-state index contributed by atoms with van der Waals surface area (Å²) in [4.78, 5) is 16.0. The molecule has 5 nitrogen and oxygen atoms in total. The van der Waals surface area contributed by atoms with Crippen LogP contribution in [0.3, 0.4) is 0 Å². The van der Waals surface area contributed by atoms with Gasteiger partial charge in [0, 0.05) is 6.42 Å². The van der Waals surface area contributed by atoms with Crippen molar-refractivity contribution in [2.45, 2.75) is 26.8 Å². The zero-order chi connectivity index (χ0) is 11.6. The molecule has 1 fully saturated rings. The Morgan fingerprint density at radius 2 is 2.38 bits per heavy atom. The molecule has 1 amide bonds. The van der Waals surface area contributed by atoms with Gasteiger partial charge in [0.15, 0.2) is 5.89 Å². The molecule has 2 rings (SSSR count). The summed E-state index contributed by atoms with van der Waals surface area (Å²) < 4.78 is 10.2. The molecule has 0 atom stereocenters. The third-order valence-electron chi connectivity index (χ3n) is 2.72. The first-order chi connectivity index (χ1) is 7.64. The predicted molar refractivity (Wildman–Crippen MR) is 56.7 cm³/mol. The number of nitrogens with zero attached hydrogens (tertiary/aromatic N) is 1. The summed E-state index contributed by atoms with van der Waals surface area (Å²) in [5.41, 5.74) is 0.395. The fraction of sp³-hybridized carbons (Fsp3) is 0.636. The number of rotatable bonds is 4. The number of aryl methyl sites for hydroxylation is 1. The fourth-order valence-corrected chi connectivity index (χ4v) is 1.52. The lowest BCUT2D eigenvalue weighted by Gasteiger charge is -2.36. The summed E-state index contributed by atoms with van der Waals surface area (Å²) in [7, 11) is 0. The summed E-state index contributed by atoms with van der Waals surface area (Å²) in [6, 6.07) is 0. The van der Waals surface area contributed by atoms with Crippen molar-refractivity contribution in [3.8, 4) is 0 Å².